The number of carbonyl (C=O) groups is 1. The molecule has 0 unspecified atom stereocenters. The van der Waals surface area contributed by atoms with E-state index < -0.39 is 5.97 Å². The lowest BCUT2D eigenvalue weighted by Crippen LogP contribution is -2.27. The number of fused-ring (bicyclic) bond motifs is 1. The number of nitrogens with one attached hydrogen (secondary N) is 2. The first kappa shape index (κ1) is 17.7. The maximum atomic E-state index is 11.7. The van der Waals surface area contributed by atoms with Crippen molar-refractivity contribution in [2.45, 2.75) is 6.54 Å². The van der Waals surface area contributed by atoms with Crippen molar-refractivity contribution in [3.05, 3.63) is 46.1 Å². The van der Waals surface area contributed by atoms with E-state index in [0.717, 1.165) is 21.3 Å². The van der Waals surface area contributed by atoms with E-state index in [1.54, 1.807) is 10.9 Å². The molecule has 0 saturated carbocycles. The van der Waals surface area contributed by atoms with Gasteiger partial charge >= 0.3 is 5.97 Å². The SMILES string of the molecule is COC(=O)c1sc2cc(NC(=S)NCc3cnn(C)c3)ccc2c1Cl. The zero-order chi connectivity index (χ0) is 18.0. The summed E-state index contributed by atoms with van der Waals surface area (Å²) in [4.78, 5) is 12.1. The number of hydrogen-bond donors (Lipinski definition) is 2. The van der Waals surface area contributed by atoms with E-state index in [9.17, 15) is 4.79 Å². The average molecular weight is 395 g/mol. The van der Waals surface area contributed by atoms with Crippen LogP contribution < -0.4 is 10.6 Å². The summed E-state index contributed by atoms with van der Waals surface area (Å²) in [6.07, 6.45) is 3.70. The molecule has 0 atom stereocenters. The minimum Gasteiger partial charge on any atom is -0.465 e. The second-order valence-electron chi connectivity index (χ2n) is 5.28. The molecule has 0 fully saturated rings. The molecule has 0 aliphatic rings. The number of rotatable bonds is 4. The molecular weight excluding hydrogens is 380 g/mol. The molecule has 0 bridgehead atoms. The lowest BCUT2D eigenvalue weighted by atomic mass is 10.2. The van der Waals surface area contributed by atoms with Crippen LogP contribution >= 0.6 is 35.2 Å². The third-order valence-corrected chi connectivity index (χ3v) is 5.35. The molecule has 3 aromatic rings. The Balaban J connectivity index is 1.71. The largest absolute Gasteiger partial charge is 0.465 e. The molecule has 3 rings (SSSR count). The summed E-state index contributed by atoms with van der Waals surface area (Å²) in [5, 5.41) is 12.1. The minimum atomic E-state index is -0.436. The van der Waals surface area contributed by atoms with Gasteiger partial charge in [0.1, 0.15) is 4.88 Å². The van der Waals surface area contributed by atoms with Gasteiger partial charge < -0.3 is 15.4 Å². The molecule has 0 aliphatic carbocycles. The summed E-state index contributed by atoms with van der Waals surface area (Å²) >= 11 is 12.9. The number of nitrogens with zero attached hydrogens (tertiary/aromatic N) is 2. The van der Waals surface area contributed by atoms with Crippen LogP contribution in [0.3, 0.4) is 0 Å². The first-order valence-corrected chi connectivity index (χ1v) is 8.91. The van der Waals surface area contributed by atoms with E-state index in [0.29, 0.717) is 21.6 Å². The molecule has 2 heterocycles. The van der Waals surface area contributed by atoms with Gasteiger partial charge in [-0.2, -0.15) is 5.10 Å². The van der Waals surface area contributed by atoms with Crippen molar-refractivity contribution in [3.8, 4) is 0 Å². The predicted molar refractivity (Wildman–Crippen MR) is 104 cm³/mol. The van der Waals surface area contributed by atoms with Gasteiger partial charge in [-0.15, -0.1) is 11.3 Å². The maximum absolute atomic E-state index is 11.7. The number of hydrogen-bond acceptors (Lipinski definition) is 5. The summed E-state index contributed by atoms with van der Waals surface area (Å²) in [6, 6.07) is 5.61. The van der Waals surface area contributed by atoms with Crippen molar-refractivity contribution < 1.29 is 9.53 Å². The number of esters is 1. The second-order valence-corrected chi connectivity index (χ2v) is 7.12. The van der Waals surface area contributed by atoms with Crippen LogP contribution in [0.4, 0.5) is 5.69 Å². The fourth-order valence-electron chi connectivity index (χ4n) is 2.29. The standard InChI is InChI=1S/C16H15ClN4O2S2/c1-21-8-9(7-19-21)6-18-16(24)20-10-3-4-11-12(5-10)25-14(13(11)17)15(22)23-2/h3-5,7-8H,6H2,1-2H3,(H2,18,20,24). The number of aryl methyl sites for hydroxylation is 1. The summed E-state index contributed by atoms with van der Waals surface area (Å²) < 4.78 is 7.37. The quantitative estimate of drug-likeness (QED) is 0.521. The third kappa shape index (κ3) is 3.92. The van der Waals surface area contributed by atoms with E-state index in [1.807, 2.05) is 31.4 Å². The van der Waals surface area contributed by atoms with Gasteiger partial charge in [0.2, 0.25) is 0 Å². The van der Waals surface area contributed by atoms with Crippen LogP contribution in [0, 0.1) is 0 Å². The molecule has 9 heteroatoms. The van der Waals surface area contributed by atoms with Crippen LogP contribution in [0.5, 0.6) is 0 Å². The lowest BCUT2D eigenvalue weighted by molar-refractivity contribution is 0.0606. The highest BCUT2D eigenvalue weighted by atomic mass is 35.5. The van der Waals surface area contributed by atoms with Crippen LogP contribution in [0.2, 0.25) is 5.02 Å². The molecule has 25 heavy (non-hydrogen) atoms. The Morgan fingerprint density at radius 3 is 2.96 bits per heavy atom. The topological polar surface area (TPSA) is 68.2 Å². The highest BCUT2D eigenvalue weighted by molar-refractivity contribution is 7.80. The predicted octanol–water partition coefficient (Wildman–Crippen LogP) is 3.56. The molecule has 0 radical (unpaired) electrons. The van der Waals surface area contributed by atoms with Crippen molar-refractivity contribution in [2.24, 2.45) is 7.05 Å². The molecule has 0 saturated heterocycles. The molecular formula is C16H15ClN4O2S2. The van der Waals surface area contributed by atoms with Gasteiger partial charge in [-0.1, -0.05) is 11.6 Å². The van der Waals surface area contributed by atoms with Gasteiger partial charge in [-0.3, -0.25) is 4.68 Å². The second kappa shape index (κ2) is 7.38. The van der Waals surface area contributed by atoms with Gasteiger partial charge in [0, 0.05) is 41.1 Å². The van der Waals surface area contributed by atoms with E-state index >= 15 is 0 Å². The number of carbonyl (C=O) groups excluding carboxylic acids is 1. The normalized spacial score (nSPS) is 10.7. The molecule has 2 aromatic heterocycles. The number of anilines is 1. The number of thiocarbonyl (C=S) groups is 1. The molecule has 0 aliphatic heterocycles. The Labute approximate surface area is 158 Å². The Morgan fingerprint density at radius 2 is 2.28 bits per heavy atom. The Morgan fingerprint density at radius 1 is 1.48 bits per heavy atom. The van der Waals surface area contributed by atoms with E-state index in [1.165, 1.54) is 18.4 Å². The van der Waals surface area contributed by atoms with Crippen LogP contribution in [0.1, 0.15) is 15.2 Å². The van der Waals surface area contributed by atoms with Crippen LogP contribution in [-0.4, -0.2) is 28.0 Å². The minimum absolute atomic E-state index is 0.397. The van der Waals surface area contributed by atoms with E-state index in [2.05, 4.69) is 15.7 Å². The molecule has 0 amide bonds. The maximum Gasteiger partial charge on any atom is 0.349 e. The Kier molecular flexibility index (Phi) is 5.22. The number of aromatic nitrogens is 2. The first-order chi connectivity index (χ1) is 12.0. The fraction of sp³-hybridized carbons (Fsp3) is 0.188. The summed E-state index contributed by atoms with van der Waals surface area (Å²) in [6.45, 7) is 0.583. The van der Waals surface area contributed by atoms with Crippen molar-refractivity contribution >= 4 is 62.0 Å². The smallest absolute Gasteiger partial charge is 0.349 e. The van der Waals surface area contributed by atoms with Crippen LogP contribution in [-0.2, 0) is 18.3 Å². The van der Waals surface area contributed by atoms with Gasteiger partial charge in [0.05, 0.1) is 18.3 Å². The van der Waals surface area contributed by atoms with Gasteiger partial charge in [0.15, 0.2) is 5.11 Å². The lowest BCUT2D eigenvalue weighted by Gasteiger charge is -2.09. The highest BCUT2D eigenvalue weighted by Crippen LogP contribution is 2.37. The van der Waals surface area contributed by atoms with Crippen molar-refractivity contribution in [2.75, 3.05) is 12.4 Å². The zero-order valence-corrected chi connectivity index (χ0v) is 15.9. The summed E-state index contributed by atoms with van der Waals surface area (Å²) in [5.41, 5.74) is 1.85. The van der Waals surface area contributed by atoms with Crippen molar-refractivity contribution in [3.63, 3.8) is 0 Å². The van der Waals surface area contributed by atoms with Gasteiger partial charge in [0.25, 0.3) is 0 Å². The molecule has 2 N–H and O–H groups in total. The first-order valence-electron chi connectivity index (χ1n) is 7.30. The monoisotopic (exact) mass is 394 g/mol. The number of ether oxygens (including phenoxy) is 1. The number of thiophene rings is 1. The molecule has 6 nitrogen and oxygen atoms in total. The van der Waals surface area contributed by atoms with Gasteiger partial charge in [-0.05, 0) is 30.4 Å². The van der Waals surface area contributed by atoms with Gasteiger partial charge in [-0.25, -0.2) is 4.79 Å². The van der Waals surface area contributed by atoms with Crippen molar-refractivity contribution in [1.82, 2.24) is 15.1 Å². The summed E-state index contributed by atoms with van der Waals surface area (Å²) in [5.74, 6) is -0.436. The Bertz CT molecular complexity index is 951. The van der Waals surface area contributed by atoms with Crippen LogP contribution in [0.25, 0.3) is 10.1 Å². The molecule has 0 spiro atoms. The Hall–Kier alpha value is -2.16. The van der Waals surface area contributed by atoms with E-state index in [-0.39, 0.29) is 0 Å². The number of halogens is 1. The number of benzene rings is 1. The van der Waals surface area contributed by atoms with E-state index in [4.69, 9.17) is 28.6 Å². The van der Waals surface area contributed by atoms with Crippen LogP contribution in [0.15, 0.2) is 30.6 Å². The fourth-order valence-corrected chi connectivity index (χ4v) is 3.94. The highest BCUT2D eigenvalue weighted by Gasteiger charge is 2.17. The molecule has 130 valence electrons. The number of methoxy groups -OCH3 is 1. The molecule has 1 aromatic carbocycles. The zero-order valence-electron chi connectivity index (χ0n) is 13.5. The summed E-state index contributed by atoms with van der Waals surface area (Å²) in [7, 11) is 3.20. The van der Waals surface area contributed by atoms with Crippen molar-refractivity contribution in [1.29, 1.82) is 0 Å². The third-order valence-electron chi connectivity index (χ3n) is 3.47. The average Bonchev–Trinajstić information content (AvgIpc) is 3.15.